The molecule has 2 nitrogen and oxygen atoms in total. The van der Waals surface area contributed by atoms with E-state index in [1.165, 1.54) is 6.07 Å². The molecule has 0 bridgehead atoms. The molecular weight excluding hydrogens is 348 g/mol. The largest absolute Gasteiger partial charge is 0.494 e. The van der Waals surface area contributed by atoms with Gasteiger partial charge < -0.3 is 4.74 Å². The molecule has 0 radical (unpaired) electrons. The Bertz CT molecular complexity index is 441. The van der Waals surface area contributed by atoms with Gasteiger partial charge in [0.05, 0.1) is 12.2 Å². The lowest BCUT2D eigenvalue weighted by molar-refractivity contribution is -0.138. The number of halogens is 4. The fourth-order valence-electron chi connectivity index (χ4n) is 1.41. The molecule has 0 fully saturated rings. The smallest absolute Gasteiger partial charge is 0.417 e. The number of alkyl halides is 3. The summed E-state index contributed by atoms with van der Waals surface area (Å²) in [5.41, 5.74) is -1.25. The second kappa shape index (κ2) is 5.24. The topological polar surface area (TPSA) is 26.3 Å². The van der Waals surface area contributed by atoms with Crippen molar-refractivity contribution in [1.82, 2.24) is 0 Å². The van der Waals surface area contributed by atoms with Gasteiger partial charge in [0, 0.05) is 9.13 Å². The average molecular weight is 358 g/mol. The van der Waals surface area contributed by atoms with Crippen molar-refractivity contribution in [3.63, 3.8) is 0 Å². The molecule has 0 amide bonds. The SMILES string of the molecule is CCOc1cc(I)c(C(C)=O)c(C(F)(F)F)c1. The second-order valence-corrected chi connectivity index (χ2v) is 4.48. The summed E-state index contributed by atoms with van der Waals surface area (Å²) in [4.78, 5) is 11.3. The molecule has 0 aliphatic rings. The Morgan fingerprint density at radius 2 is 2.00 bits per heavy atom. The van der Waals surface area contributed by atoms with E-state index in [-0.39, 0.29) is 21.5 Å². The first-order chi connectivity index (χ1) is 7.77. The summed E-state index contributed by atoms with van der Waals surface area (Å²) in [5, 5.41) is 0. The zero-order chi connectivity index (χ0) is 13.2. The van der Waals surface area contributed by atoms with Gasteiger partial charge in [0.25, 0.3) is 0 Å². The highest BCUT2D eigenvalue weighted by molar-refractivity contribution is 14.1. The summed E-state index contributed by atoms with van der Waals surface area (Å²) in [6.45, 7) is 3.07. The van der Waals surface area contributed by atoms with Crippen LogP contribution >= 0.6 is 22.6 Å². The van der Waals surface area contributed by atoms with Crippen molar-refractivity contribution in [2.24, 2.45) is 0 Å². The molecule has 0 spiro atoms. The van der Waals surface area contributed by atoms with Gasteiger partial charge in [-0.3, -0.25) is 4.79 Å². The number of ether oxygens (including phenoxy) is 1. The Morgan fingerprint density at radius 3 is 2.41 bits per heavy atom. The molecule has 1 aromatic carbocycles. The van der Waals surface area contributed by atoms with Crippen LogP contribution in [0, 0.1) is 3.57 Å². The lowest BCUT2D eigenvalue weighted by Crippen LogP contribution is -2.14. The van der Waals surface area contributed by atoms with E-state index in [1.807, 2.05) is 0 Å². The number of ketones is 1. The zero-order valence-corrected chi connectivity index (χ0v) is 11.3. The molecule has 6 heteroatoms. The summed E-state index contributed by atoms with van der Waals surface area (Å²) < 4.78 is 43.7. The van der Waals surface area contributed by atoms with Crippen molar-refractivity contribution < 1.29 is 22.7 Å². The molecule has 1 aromatic rings. The number of carbonyl (C=O) groups excluding carboxylic acids is 1. The van der Waals surface area contributed by atoms with E-state index < -0.39 is 17.5 Å². The normalized spacial score (nSPS) is 11.4. The summed E-state index contributed by atoms with van der Waals surface area (Å²) in [5.74, 6) is -0.487. The Morgan fingerprint density at radius 1 is 1.41 bits per heavy atom. The summed E-state index contributed by atoms with van der Waals surface area (Å²) in [6.07, 6.45) is -4.56. The summed E-state index contributed by atoms with van der Waals surface area (Å²) >= 11 is 1.71. The molecule has 0 N–H and O–H groups in total. The second-order valence-electron chi connectivity index (χ2n) is 3.31. The van der Waals surface area contributed by atoms with Gasteiger partial charge in [-0.25, -0.2) is 0 Å². The predicted octanol–water partition coefficient (Wildman–Crippen LogP) is 3.91. The summed E-state index contributed by atoms with van der Waals surface area (Å²) in [6, 6.07) is 2.29. The van der Waals surface area contributed by atoms with Crippen LogP contribution in [0.25, 0.3) is 0 Å². The van der Waals surface area contributed by atoms with Crippen molar-refractivity contribution in [2.45, 2.75) is 20.0 Å². The quantitative estimate of drug-likeness (QED) is 0.605. The summed E-state index contributed by atoms with van der Waals surface area (Å²) in [7, 11) is 0. The minimum Gasteiger partial charge on any atom is -0.494 e. The van der Waals surface area contributed by atoms with Crippen LogP contribution in [0.1, 0.15) is 29.8 Å². The van der Waals surface area contributed by atoms with Gasteiger partial charge in [-0.1, -0.05) is 0 Å². The Balaban J connectivity index is 3.45. The Hall–Kier alpha value is -0.790. The Labute approximate surface area is 110 Å². The fourth-order valence-corrected chi connectivity index (χ4v) is 2.39. The van der Waals surface area contributed by atoms with E-state index in [4.69, 9.17) is 4.74 Å². The maximum atomic E-state index is 12.8. The third-order valence-electron chi connectivity index (χ3n) is 2.03. The number of hydrogen-bond acceptors (Lipinski definition) is 2. The Kier molecular flexibility index (Phi) is 4.40. The van der Waals surface area contributed by atoms with E-state index in [9.17, 15) is 18.0 Å². The van der Waals surface area contributed by atoms with Crippen LogP contribution in [0.2, 0.25) is 0 Å². The molecule has 0 heterocycles. The molecule has 0 unspecified atom stereocenters. The fraction of sp³-hybridized carbons (Fsp3) is 0.364. The van der Waals surface area contributed by atoms with E-state index >= 15 is 0 Å². The first-order valence-corrected chi connectivity index (χ1v) is 5.89. The highest BCUT2D eigenvalue weighted by Crippen LogP contribution is 2.37. The first kappa shape index (κ1) is 14.3. The molecule has 0 saturated heterocycles. The van der Waals surface area contributed by atoms with Gasteiger partial charge >= 0.3 is 6.18 Å². The van der Waals surface area contributed by atoms with Crippen LogP contribution in [0.15, 0.2) is 12.1 Å². The predicted molar refractivity (Wildman–Crippen MR) is 65.3 cm³/mol. The van der Waals surface area contributed by atoms with E-state index in [0.29, 0.717) is 0 Å². The molecule has 17 heavy (non-hydrogen) atoms. The van der Waals surface area contributed by atoms with Gasteiger partial charge in [-0.2, -0.15) is 13.2 Å². The van der Waals surface area contributed by atoms with Crippen LogP contribution in [-0.4, -0.2) is 12.4 Å². The van der Waals surface area contributed by atoms with E-state index in [2.05, 4.69) is 0 Å². The van der Waals surface area contributed by atoms with Crippen LogP contribution in [0.4, 0.5) is 13.2 Å². The maximum Gasteiger partial charge on any atom is 0.417 e. The van der Waals surface area contributed by atoms with Crippen molar-refractivity contribution in [3.8, 4) is 5.75 Å². The molecule has 0 aliphatic carbocycles. The monoisotopic (exact) mass is 358 g/mol. The van der Waals surface area contributed by atoms with Gasteiger partial charge in [-0.05, 0) is 48.6 Å². The molecule has 0 atom stereocenters. The standard InChI is InChI=1S/C11H10F3IO2/c1-3-17-7-4-8(11(12,13)14)10(6(2)16)9(15)5-7/h4-5H,3H2,1-2H3. The zero-order valence-electron chi connectivity index (χ0n) is 9.19. The number of benzene rings is 1. The minimum atomic E-state index is -4.56. The third kappa shape index (κ3) is 3.34. The number of Topliss-reactive ketones (excluding diaryl/α,β-unsaturated/α-hetero) is 1. The van der Waals surface area contributed by atoms with Crippen molar-refractivity contribution >= 4 is 28.4 Å². The van der Waals surface area contributed by atoms with E-state index in [0.717, 1.165) is 13.0 Å². The highest BCUT2D eigenvalue weighted by atomic mass is 127. The van der Waals surface area contributed by atoms with E-state index in [1.54, 1.807) is 29.5 Å². The van der Waals surface area contributed by atoms with Crippen molar-refractivity contribution in [3.05, 3.63) is 26.8 Å². The molecule has 94 valence electrons. The molecule has 0 aliphatic heterocycles. The first-order valence-electron chi connectivity index (χ1n) is 4.81. The lowest BCUT2D eigenvalue weighted by atomic mass is 10.0. The average Bonchev–Trinajstić information content (AvgIpc) is 2.15. The molecule has 1 rings (SSSR count). The van der Waals surface area contributed by atoms with Crippen LogP contribution in [-0.2, 0) is 6.18 Å². The van der Waals surface area contributed by atoms with Crippen molar-refractivity contribution in [1.29, 1.82) is 0 Å². The third-order valence-corrected chi connectivity index (χ3v) is 2.88. The van der Waals surface area contributed by atoms with Gasteiger partial charge in [0.2, 0.25) is 0 Å². The molecule has 0 saturated carbocycles. The number of rotatable bonds is 3. The van der Waals surface area contributed by atoms with Crippen LogP contribution < -0.4 is 4.74 Å². The van der Waals surface area contributed by atoms with Crippen LogP contribution in [0.5, 0.6) is 5.75 Å². The van der Waals surface area contributed by atoms with Gasteiger partial charge in [0.15, 0.2) is 5.78 Å². The number of carbonyl (C=O) groups is 1. The maximum absolute atomic E-state index is 12.8. The van der Waals surface area contributed by atoms with Crippen LogP contribution in [0.3, 0.4) is 0 Å². The minimum absolute atomic E-state index is 0.120. The highest BCUT2D eigenvalue weighted by Gasteiger charge is 2.36. The van der Waals surface area contributed by atoms with Gasteiger partial charge in [-0.15, -0.1) is 0 Å². The van der Waals surface area contributed by atoms with Gasteiger partial charge in [0.1, 0.15) is 5.75 Å². The van der Waals surface area contributed by atoms with Crippen molar-refractivity contribution in [2.75, 3.05) is 6.61 Å². The molecular formula is C11H10F3IO2. The number of hydrogen-bond donors (Lipinski definition) is 0. The molecule has 0 aromatic heterocycles. The lowest BCUT2D eigenvalue weighted by Gasteiger charge is -2.14.